The SMILES string of the molecule is CC(C)CNCOc1ccccc1CSc1ncc[nH]1. The predicted octanol–water partition coefficient (Wildman–Crippen LogP) is 3.28. The van der Waals surface area contributed by atoms with Gasteiger partial charge in [0.1, 0.15) is 12.5 Å². The number of hydrogen-bond acceptors (Lipinski definition) is 4. The van der Waals surface area contributed by atoms with Gasteiger partial charge in [-0.3, -0.25) is 5.32 Å². The fourth-order valence-corrected chi connectivity index (χ4v) is 2.53. The molecule has 0 amide bonds. The molecule has 0 saturated carbocycles. The lowest BCUT2D eigenvalue weighted by molar-refractivity contribution is 0.274. The summed E-state index contributed by atoms with van der Waals surface area (Å²) in [5.74, 6) is 2.40. The third-order valence-electron chi connectivity index (χ3n) is 2.69. The van der Waals surface area contributed by atoms with E-state index in [0.717, 1.165) is 23.2 Å². The van der Waals surface area contributed by atoms with Gasteiger partial charge in [-0.2, -0.15) is 0 Å². The molecule has 4 nitrogen and oxygen atoms in total. The maximum absolute atomic E-state index is 5.80. The Bertz CT molecular complexity index is 500. The summed E-state index contributed by atoms with van der Waals surface area (Å²) in [7, 11) is 0. The van der Waals surface area contributed by atoms with Crippen LogP contribution in [0.3, 0.4) is 0 Å². The number of H-pyrrole nitrogens is 1. The van der Waals surface area contributed by atoms with E-state index in [1.165, 1.54) is 5.56 Å². The molecule has 0 bridgehead atoms. The molecule has 2 aromatic rings. The van der Waals surface area contributed by atoms with Crippen molar-refractivity contribution in [1.82, 2.24) is 15.3 Å². The molecule has 0 aliphatic rings. The fraction of sp³-hybridized carbons (Fsp3) is 0.400. The number of nitrogens with zero attached hydrogens (tertiary/aromatic N) is 1. The second-order valence-corrected chi connectivity index (χ2v) is 5.89. The summed E-state index contributed by atoms with van der Waals surface area (Å²) < 4.78 is 5.80. The second-order valence-electron chi connectivity index (χ2n) is 4.93. The van der Waals surface area contributed by atoms with Crippen molar-refractivity contribution < 1.29 is 4.74 Å². The first kappa shape index (κ1) is 14.9. The molecule has 0 unspecified atom stereocenters. The molecular formula is C15H21N3OS. The summed E-state index contributed by atoms with van der Waals surface area (Å²) in [6, 6.07) is 8.13. The molecule has 1 heterocycles. The molecule has 108 valence electrons. The van der Waals surface area contributed by atoms with Crippen molar-refractivity contribution in [2.75, 3.05) is 13.3 Å². The summed E-state index contributed by atoms with van der Waals surface area (Å²) in [6.45, 7) is 5.87. The van der Waals surface area contributed by atoms with Gasteiger partial charge in [0.15, 0.2) is 5.16 Å². The van der Waals surface area contributed by atoms with Crippen molar-refractivity contribution in [3.8, 4) is 5.75 Å². The van der Waals surface area contributed by atoms with Crippen LogP contribution < -0.4 is 10.1 Å². The number of nitrogens with one attached hydrogen (secondary N) is 2. The van der Waals surface area contributed by atoms with Gasteiger partial charge in [0.2, 0.25) is 0 Å². The highest BCUT2D eigenvalue weighted by Crippen LogP contribution is 2.25. The largest absolute Gasteiger partial charge is 0.478 e. The van der Waals surface area contributed by atoms with Crippen molar-refractivity contribution in [1.29, 1.82) is 0 Å². The number of aromatic nitrogens is 2. The van der Waals surface area contributed by atoms with Gasteiger partial charge in [0.05, 0.1) is 0 Å². The van der Waals surface area contributed by atoms with Gasteiger partial charge in [-0.1, -0.05) is 43.8 Å². The van der Waals surface area contributed by atoms with Gasteiger partial charge >= 0.3 is 0 Å². The molecule has 2 rings (SSSR count). The lowest BCUT2D eigenvalue weighted by Crippen LogP contribution is -2.24. The maximum Gasteiger partial charge on any atom is 0.165 e. The standard InChI is InChI=1S/C15H21N3OS/c1-12(2)9-16-11-19-14-6-4-3-5-13(14)10-20-15-17-7-8-18-15/h3-8,12,16H,9-11H2,1-2H3,(H,17,18). The number of thioether (sulfide) groups is 1. The van der Waals surface area contributed by atoms with Crippen molar-refractivity contribution in [3.05, 3.63) is 42.2 Å². The minimum Gasteiger partial charge on any atom is -0.478 e. The normalized spacial score (nSPS) is 10.9. The van der Waals surface area contributed by atoms with Crippen LogP contribution in [0.2, 0.25) is 0 Å². The molecule has 0 radical (unpaired) electrons. The molecule has 0 aliphatic heterocycles. The Kier molecular flexibility index (Phi) is 5.95. The first-order chi connectivity index (χ1) is 9.75. The van der Waals surface area contributed by atoms with E-state index < -0.39 is 0 Å². The van der Waals surface area contributed by atoms with Crippen LogP contribution in [0.25, 0.3) is 0 Å². The van der Waals surface area contributed by atoms with E-state index >= 15 is 0 Å². The molecule has 0 atom stereocenters. The Morgan fingerprint density at radius 2 is 2.20 bits per heavy atom. The lowest BCUT2D eigenvalue weighted by Gasteiger charge is -2.12. The van der Waals surface area contributed by atoms with Gasteiger partial charge < -0.3 is 9.72 Å². The van der Waals surface area contributed by atoms with Crippen LogP contribution in [-0.2, 0) is 5.75 Å². The molecule has 0 fully saturated rings. The third-order valence-corrected chi connectivity index (χ3v) is 3.64. The Morgan fingerprint density at radius 3 is 2.95 bits per heavy atom. The number of para-hydroxylation sites is 1. The molecule has 2 N–H and O–H groups in total. The lowest BCUT2D eigenvalue weighted by atomic mass is 10.2. The number of benzene rings is 1. The van der Waals surface area contributed by atoms with Crippen LogP contribution in [0.1, 0.15) is 19.4 Å². The average molecular weight is 291 g/mol. The number of ether oxygens (including phenoxy) is 1. The molecule has 1 aromatic heterocycles. The fourth-order valence-electron chi connectivity index (χ4n) is 1.72. The van der Waals surface area contributed by atoms with E-state index in [4.69, 9.17) is 4.74 Å². The van der Waals surface area contributed by atoms with Gasteiger partial charge in [-0.15, -0.1) is 0 Å². The van der Waals surface area contributed by atoms with Crippen LogP contribution in [0.4, 0.5) is 0 Å². The average Bonchev–Trinajstić information content (AvgIpc) is 2.95. The van der Waals surface area contributed by atoms with Gasteiger partial charge in [0.25, 0.3) is 0 Å². The Balaban J connectivity index is 1.85. The predicted molar refractivity (Wildman–Crippen MR) is 82.9 cm³/mol. The van der Waals surface area contributed by atoms with Crippen LogP contribution in [0.5, 0.6) is 5.75 Å². The van der Waals surface area contributed by atoms with Crippen molar-refractivity contribution in [3.63, 3.8) is 0 Å². The Labute approximate surface area is 124 Å². The van der Waals surface area contributed by atoms with E-state index in [2.05, 4.69) is 35.2 Å². The summed E-state index contributed by atoms with van der Waals surface area (Å²) in [4.78, 5) is 7.30. The Morgan fingerprint density at radius 1 is 1.35 bits per heavy atom. The monoisotopic (exact) mass is 291 g/mol. The topological polar surface area (TPSA) is 49.9 Å². The second kappa shape index (κ2) is 7.97. The summed E-state index contributed by atoms with van der Waals surface area (Å²) >= 11 is 1.67. The highest BCUT2D eigenvalue weighted by molar-refractivity contribution is 7.98. The van der Waals surface area contributed by atoms with Crippen molar-refractivity contribution in [2.24, 2.45) is 5.92 Å². The minimum absolute atomic E-state index is 0.542. The summed E-state index contributed by atoms with van der Waals surface area (Å²) in [5, 5.41) is 4.21. The molecular weight excluding hydrogens is 270 g/mol. The van der Waals surface area contributed by atoms with Gasteiger partial charge in [0, 0.05) is 30.3 Å². The molecule has 20 heavy (non-hydrogen) atoms. The van der Waals surface area contributed by atoms with E-state index in [9.17, 15) is 0 Å². The first-order valence-electron chi connectivity index (χ1n) is 6.79. The summed E-state index contributed by atoms with van der Waals surface area (Å²) in [5.41, 5.74) is 1.18. The number of imidazole rings is 1. The van der Waals surface area contributed by atoms with Crippen molar-refractivity contribution >= 4 is 11.8 Å². The zero-order valence-corrected chi connectivity index (χ0v) is 12.7. The number of rotatable bonds is 8. The van der Waals surface area contributed by atoms with E-state index in [1.54, 1.807) is 18.0 Å². The zero-order chi connectivity index (χ0) is 14.2. The molecule has 1 aromatic carbocycles. The number of hydrogen-bond donors (Lipinski definition) is 2. The van der Waals surface area contributed by atoms with E-state index in [-0.39, 0.29) is 0 Å². The number of aromatic amines is 1. The zero-order valence-electron chi connectivity index (χ0n) is 11.9. The van der Waals surface area contributed by atoms with Crippen LogP contribution >= 0.6 is 11.8 Å². The van der Waals surface area contributed by atoms with E-state index in [0.29, 0.717) is 12.6 Å². The molecule has 0 spiro atoms. The van der Waals surface area contributed by atoms with E-state index in [1.807, 2.05) is 24.4 Å². The first-order valence-corrected chi connectivity index (χ1v) is 7.78. The quantitative estimate of drug-likeness (QED) is 0.445. The molecule has 0 saturated heterocycles. The maximum atomic E-state index is 5.80. The van der Waals surface area contributed by atoms with Gasteiger partial charge in [-0.05, 0) is 12.0 Å². The smallest absolute Gasteiger partial charge is 0.165 e. The molecule has 0 aliphatic carbocycles. The highest BCUT2D eigenvalue weighted by Gasteiger charge is 2.05. The molecule has 5 heteroatoms. The minimum atomic E-state index is 0.542. The van der Waals surface area contributed by atoms with Crippen LogP contribution in [0, 0.1) is 5.92 Å². The van der Waals surface area contributed by atoms with Crippen molar-refractivity contribution in [2.45, 2.75) is 24.8 Å². The highest BCUT2D eigenvalue weighted by atomic mass is 32.2. The summed E-state index contributed by atoms with van der Waals surface area (Å²) in [6.07, 6.45) is 3.60. The van der Waals surface area contributed by atoms with Crippen LogP contribution in [-0.4, -0.2) is 23.2 Å². The third kappa shape index (κ3) is 4.90. The van der Waals surface area contributed by atoms with Crippen LogP contribution in [0.15, 0.2) is 41.8 Å². The van der Waals surface area contributed by atoms with Gasteiger partial charge in [-0.25, -0.2) is 4.98 Å². The Hall–Kier alpha value is -1.46.